The lowest BCUT2D eigenvalue weighted by atomic mass is 10.2. The zero-order valence-corrected chi connectivity index (χ0v) is 12.2. The Morgan fingerprint density at radius 3 is 2.42 bits per heavy atom. The van der Waals surface area contributed by atoms with E-state index in [1.54, 1.807) is 30.0 Å². The van der Waals surface area contributed by atoms with E-state index < -0.39 is 6.10 Å². The summed E-state index contributed by atoms with van der Waals surface area (Å²) < 4.78 is 5.61. The average molecular weight is 303 g/mol. The summed E-state index contributed by atoms with van der Waals surface area (Å²) in [4.78, 5) is 14.0. The van der Waals surface area contributed by atoms with Crippen LogP contribution in [0, 0.1) is 0 Å². The predicted molar refractivity (Wildman–Crippen MR) is 76.0 cm³/mol. The van der Waals surface area contributed by atoms with Crippen LogP contribution in [0.25, 0.3) is 0 Å². The summed E-state index contributed by atoms with van der Waals surface area (Å²) in [5.41, 5.74) is 0. The Balaban J connectivity index is 1.99. The quantitative estimate of drug-likeness (QED) is 0.930. The largest absolute Gasteiger partial charge is 0.481 e. The predicted octanol–water partition coefficient (Wildman–Crippen LogP) is 2.19. The molecular weight excluding hydrogens is 287 g/mol. The van der Waals surface area contributed by atoms with Crippen molar-refractivity contribution in [1.29, 1.82) is 0 Å². The van der Waals surface area contributed by atoms with Gasteiger partial charge in [-0.25, -0.2) is 0 Å². The number of benzene rings is 1. The Kier molecular flexibility index (Phi) is 4.91. The van der Waals surface area contributed by atoms with Crippen LogP contribution in [0.4, 0.5) is 0 Å². The number of carbonyl (C=O) groups excluding carboxylic acids is 1. The van der Waals surface area contributed by atoms with Crippen molar-refractivity contribution in [3.8, 4) is 5.75 Å². The molecular formula is C13H16Cl2N2O2. The second kappa shape index (κ2) is 6.46. The van der Waals surface area contributed by atoms with Crippen LogP contribution in [0.2, 0.25) is 10.0 Å². The highest BCUT2D eigenvalue weighted by Crippen LogP contribution is 2.25. The fourth-order valence-electron chi connectivity index (χ4n) is 1.99. The monoisotopic (exact) mass is 302 g/mol. The molecule has 0 saturated carbocycles. The molecule has 6 heteroatoms. The molecule has 0 radical (unpaired) electrons. The molecule has 0 spiro atoms. The fraction of sp³-hybridized carbons (Fsp3) is 0.462. The van der Waals surface area contributed by atoms with Gasteiger partial charge < -0.3 is 15.0 Å². The smallest absolute Gasteiger partial charge is 0.263 e. The van der Waals surface area contributed by atoms with Crippen LogP contribution in [0.5, 0.6) is 5.75 Å². The van der Waals surface area contributed by atoms with Crippen molar-refractivity contribution in [2.24, 2.45) is 0 Å². The van der Waals surface area contributed by atoms with Crippen LogP contribution >= 0.6 is 23.2 Å². The van der Waals surface area contributed by atoms with E-state index in [9.17, 15) is 4.79 Å². The van der Waals surface area contributed by atoms with Crippen LogP contribution in [0.1, 0.15) is 6.92 Å². The summed E-state index contributed by atoms with van der Waals surface area (Å²) in [7, 11) is 0. The lowest BCUT2D eigenvalue weighted by Crippen LogP contribution is -2.50. The lowest BCUT2D eigenvalue weighted by Gasteiger charge is -2.29. The maximum Gasteiger partial charge on any atom is 0.263 e. The highest BCUT2D eigenvalue weighted by atomic mass is 35.5. The summed E-state index contributed by atoms with van der Waals surface area (Å²) >= 11 is 11.8. The van der Waals surface area contributed by atoms with Gasteiger partial charge in [-0.15, -0.1) is 0 Å². The number of carbonyl (C=O) groups is 1. The molecule has 19 heavy (non-hydrogen) atoms. The second-order valence-electron chi connectivity index (χ2n) is 4.44. The van der Waals surface area contributed by atoms with Crippen molar-refractivity contribution in [2.75, 3.05) is 26.2 Å². The molecule has 4 nitrogen and oxygen atoms in total. The van der Waals surface area contributed by atoms with Crippen molar-refractivity contribution >= 4 is 29.1 Å². The number of nitrogens with one attached hydrogen (secondary N) is 1. The van der Waals surface area contributed by atoms with E-state index in [1.807, 2.05) is 0 Å². The minimum atomic E-state index is -0.548. The van der Waals surface area contributed by atoms with Gasteiger partial charge in [-0.3, -0.25) is 4.79 Å². The van der Waals surface area contributed by atoms with Gasteiger partial charge in [-0.2, -0.15) is 0 Å². The minimum absolute atomic E-state index is 0.0161. The first-order chi connectivity index (χ1) is 9.06. The number of halogens is 2. The minimum Gasteiger partial charge on any atom is -0.481 e. The molecule has 1 aliphatic rings. The molecule has 1 heterocycles. The first-order valence-electron chi connectivity index (χ1n) is 6.18. The van der Waals surface area contributed by atoms with Gasteiger partial charge in [0.05, 0.1) is 0 Å². The van der Waals surface area contributed by atoms with Crippen LogP contribution < -0.4 is 10.1 Å². The number of rotatable bonds is 3. The SMILES string of the molecule is CC(Oc1cc(Cl)cc(Cl)c1)C(=O)N1CCNCC1. The van der Waals surface area contributed by atoms with Gasteiger partial charge in [0.1, 0.15) is 5.75 Å². The van der Waals surface area contributed by atoms with Gasteiger partial charge >= 0.3 is 0 Å². The maximum absolute atomic E-state index is 12.2. The second-order valence-corrected chi connectivity index (χ2v) is 5.31. The molecule has 104 valence electrons. The highest BCUT2D eigenvalue weighted by Gasteiger charge is 2.23. The van der Waals surface area contributed by atoms with E-state index in [-0.39, 0.29) is 5.91 Å². The molecule has 1 atom stereocenters. The Hall–Kier alpha value is -0.970. The van der Waals surface area contributed by atoms with Crippen molar-refractivity contribution in [3.05, 3.63) is 28.2 Å². The molecule has 1 aliphatic heterocycles. The molecule has 1 unspecified atom stereocenters. The lowest BCUT2D eigenvalue weighted by molar-refractivity contribution is -0.138. The van der Waals surface area contributed by atoms with Gasteiger partial charge in [0, 0.05) is 36.2 Å². The molecule has 1 aromatic carbocycles. The number of amides is 1. The summed E-state index contributed by atoms with van der Waals surface area (Å²) in [6.45, 7) is 4.80. The first kappa shape index (κ1) is 14.4. The molecule has 1 N–H and O–H groups in total. The molecule has 1 saturated heterocycles. The summed E-state index contributed by atoms with van der Waals surface area (Å²) in [5.74, 6) is 0.492. The molecule has 1 fully saturated rings. The van der Waals surface area contributed by atoms with Crippen LogP contribution in [-0.4, -0.2) is 43.1 Å². The third kappa shape index (κ3) is 4.00. The zero-order chi connectivity index (χ0) is 13.8. The van der Waals surface area contributed by atoms with Gasteiger partial charge in [0.25, 0.3) is 5.91 Å². The Morgan fingerprint density at radius 1 is 1.26 bits per heavy atom. The van der Waals surface area contributed by atoms with E-state index >= 15 is 0 Å². The topological polar surface area (TPSA) is 41.6 Å². The number of hydrogen-bond acceptors (Lipinski definition) is 3. The Morgan fingerprint density at radius 2 is 1.84 bits per heavy atom. The first-order valence-corrected chi connectivity index (χ1v) is 6.94. The molecule has 1 amide bonds. The van der Waals surface area contributed by atoms with Crippen LogP contribution in [0.15, 0.2) is 18.2 Å². The zero-order valence-electron chi connectivity index (χ0n) is 10.7. The van der Waals surface area contributed by atoms with Crippen molar-refractivity contribution in [2.45, 2.75) is 13.0 Å². The van der Waals surface area contributed by atoms with E-state index in [0.29, 0.717) is 28.9 Å². The third-order valence-electron chi connectivity index (χ3n) is 2.93. The van der Waals surface area contributed by atoms with E-state index in [4.69, 9.17) is 27.9 Å². The normalized spacial score (nSPS) is 17.1. The molecule has 1 aromatic rings. The standard InChI is InChI=1S/C13H16Cl2N2O2/c1-9(13(18)17-4-2-16-3-5-17)19-12-7-10(14)6-11(15)8-12/h6-9,16H,2-5H2,1H3. The number of hydrogen-bond donors (Lipinski definition) is 1. The van der Waals surface area contributed by atoms with Gasteiger partial charge in [0.15, 0.2) is 6.10 Å². The van der Waals surface area contributed by atoms with E-state index in [0.717, 1.165) is 13.1 Å². The van der Waals surface area contributed by atoms with Crippen molar-refractivity contribution < 1.29 is 9.53 Å². The van der Waals surface area contributed by atoms with Gasteiger partial charge in [-0.05, 0) is 25.1 Å². The summed E-state index contributed by atoms with van der Waals surface area (Å²) in [6.07, 6.45) is -0.548. The van der Waals surface area contributed by atoms with Crippen molar-refractivity contribution in [3.63, 3.8) is 0 Å². The summed E-state index contributed by atoms with van der Waals surface area (Å²) in [6, 6.07) is 4.92. The maximum atomic E-state index is 12.2. The fourth-order valence-corrected chi connectivity index (χ4v) is 2.50. The molecule has 0 aromatic heterocycles. The van der Waals surface area contributed by atoms with Gasteiger partial charge in [0.2, 0.25) is 0 Å². The van der Waals surface area contributed by atoms with Crippen LogP contribution in [0.3, 0.4) is 0 Å². The average Bonchev–Trinajstić information content (AvgIpc) is 2.37. The number of nitrogens with zero attached hydrogens (tertiary/aromatic N) is 1. The molecule has 0 aliphatic carbocycles. The molecule has 2 rings (SSSR count). The van der Waals surface area contributed by atoms with Crippen LogP contribution in [-0.2, 0) is 4.79 Å². The third-order valence-corrected chi connectivity index (χ3v) is 3.36. The molecule has 0 bridgehead atoms. The summed E-state index contributed by atoms with van der Waals surface area (Å²) in [5, 5.41) is 4.18. The number of piperazine rings is 1. The van der Waals surface area contributed by atoms with Gasteiger partial charge in [-0.1, -0.05) is 23.2 Å². The Labute approximate surface area is 122 Å². The van der Waals surface area contributed by atoms with E-state index in [2.05, 4.69) is 5.32 Å². The highest BCUT2D eigenvalue weighted by molar-refractivity contribution is 6.34. The Bertz CT molecular complexity index is 442. The van der Waals surface area contributed by atoms with E-state index in [1.165, 1.54) is 0 Å². The van der Waals surface area contributed by atoms with Crippen molar-refractivity contribution in [1.82, 2.24) is 10.2 Å². The number of ether oxygens (including phenoxy) is 1.